The first-order valence-electron chi connectivity index (χ1n) is 9.36. The van der Waals surface area contributed by atoms with Gasteiger partial charge in [-0.1, -0.05) is 29.8 Å². The van der Waals surface area contributed by atoms with Gasteiger partial charge in [0.2, 0.25) is 5.95 Å². The molecule has 1 saturated carbocycles. The van der Waals surface area contributed by atoms with Crippen LogP contribution in [-0.2, 0) is 0 Å². The summed E-state index contributed by atoms with van der Waals surface area (Å²) in [5.41, 5.74) is 0.959. The van der Waals surface area contributed by atoms with Crippen molar-refractivity contribution in [3.63, 3.8) is 0 Å². The van der Waals surface area contributed by atoms with Gasteiger partial charge in [0.1, 0.15) is 6.07 Å². The van der Waals surface area contributed by atoms with Gasteiger partial charge in [0.15, 0.2) is 10.8 Å². The fourth-order valence-corrected chi connectivity index (χ4v) is 4.91. The van der Waals surface area contributed by atoms with E-state index in [4.69, 9.17) is 16.9 Å². The average molecular weight is 396 g/mol. The number of amides is 2. The molecule has 0 spiro atoms. The van der Waals surface area contributed by atoms with E-state index >= 15 is 0 Å². The fourth-order valence-electron chi connectivity index (χ4n) is 4.75. The number of carbonyl (C=O) groups excluding carboxylic acids is 1. The highest BCUT2D eigenvalue weighted by Gasteiger charge is 2.51. The molecule has 3 atom stereocenters. The molecule has 2 amide bonds. The number of halogens is 1. The van der Waals surface area contributed by atoms with Crippen molar-refractivity contribution >= 4 is 29.3 Å². The average Bonchev–Trinajstić information content (AvgIpc) is 3.42. The Hall–Kier alpha value is -2.92. The van der Waals surface area contributed by atoms with Gasteiger partial charge in [-0.25, -0.2) is 4.79 Å². The minimum Gasteiger partial charge on any atom is -0.334 e. The molecule has 0 N–H and O–H groups in total. The predicted molar refractivity (Wildman–Crippen MR) is 103 cm³/mol. The maximum Gasteiger partial charge on any atom is 0.324 e. The summed E-state index contributed by atoms with van der Waals surface area (Å²) in [6.45, 7) is 2.23. The molecule has 2 saturated heterocycles. The van der Waals surface area contributed by atoms with E-state index in [0.717, 1.165) is 25.1 Å². The first-order chi connectivity index (χ1) is 13.7. The molecule has 1 aliphatic carbocycles. The molecule has 3 aliphatic rings. The van der Waals surface area contributed by atoms with Gasteiger partial charge in [-0.15, -0.1) is 10.2 Å². The largest absolute Gasteiger partial charge is 0.334 e. The van der Waals surface area contributed by atoms with Crippen molar-refractivity contribution in [2.75, 3.05) is 29.4 Å². The minimum atomic E-state index is 0.0274. The first kappa shape index (κ1) is 17.2. The van der Waals surface area contributed by atoms with Gasteiger partial charge in [-0.3, -0.25) is 4.90 Å². The molecule has 1 aromatic heterocycles. The number of rotatable bonds is 3. The smallest absolute Gasteiger partial charge is 0.324 e. The second-order valence-electron chi connectivity index (χ2n) is 7.45. The number of fused-ring (bicyclic) bond motifs is 2. The van der Waals surface area contributed by atoms with Gasteiger partial charge in [0.25, 0.3) is 0 Å². The number of carbonyl (C=O) groups is 1. The zero-order chi connectivity index (χ0) is 19.3. The third-order valence-corrected chi connectivity index (χ3v) is 6.22. The summed E-state index contributed by atoms with van der Waals surface area (Å²) in [4.78, 5) is 23.3. The van der Waals surface area contributed by atoms with Crippen molar-refractivity contribution in [1.29, 1.82) is 5.26 Å². The summed E-state index contributed by atoms with van der Waals surface area (Å²) in [6.07, 6.45) is 1.99. The van der Waals surface area contributed by atoms with Crippen LogP contribution < -0.4 is 9.80 Å². The summed E-state index contributed by atoms with van der Waals surface area (Å²) in [7, 11) is 0. The number of anilines is 2. The number of hydrogen-bond acceptors (Lipinski definition) is 6. The van der Waals surface area contributed by atoms with Crippen LogP contribution in [0.2, 0.25) is 5.15 Å². The maximum absolute atomic E-state index is 13.1. The van der Waals surface area contributed by atoms with Gasteiger partial charge in [0.05, 0.1) is 12.1 Å². The summed E-state index contributed by atoms with van der Waals surface area (Å²) >= 11 is 6.05. The molecule has 5 rings (SSSR count). The zero-order valence-corrected chi connectivity index (χ0v) is 15.8. The fraction of sp³-hybridized carbons (Fsp3) is 0.421. The Bertz CT molecular complexity index is 962. The van der Waals surface area contributed by atoms with Crippen LogP contribution in [-0.4, -0.2) is 57.8 Å². The monoisotopic (exact) mass is 395 g/mol. The van der Waals surface area contributed by atoms with E-state index in [1.807, 2.05) is 46.2 Å². The van der Waals surface area contributed by atoms with Crippen LogP contribution in [0.5, 0.6) is 0 Å². The van der Waals surface area contributed by atoms with Crippen LogP contribution in [0.25, 0.3) is 0 Å². The molecular formula is C19H18ClN7O. The summed E-state index contributed by atoms with van der Waals surface area (Å²) < 4.78 is 0. The van der Waals surface area contributed by atoms with Crippen LogP contribution in [0.3, 0.4) is 0 Å². The van der Waals surface area contributed by atoms with Crippen molar-refractivity contribution in [3.8, 4) is 6.07 Å². The van der Waals surface area contributed by atoms with E-state index in [0.29, 0.717) is 25.0 Å². The molecule has 3 heterocycles. The third kappa shape index (κ3) is 2.66. The van der Waals surface area contributed by atoms with Crippen molar-refractivity contribution in [2.24, 2.45) is 5.92 Å². The molecule has 3 fully saturated rings. The zero-order valence-electron chi connectivity index (χ0n) is 15.1. The van der Waals surface area contributed by atoms with Crippen LogP contribution in [0, 0.1) is 17.2 Å². The normalized spacial score (nSPS) is 26.2. The standard InChI is InChI=1S/C19H18ClN7O/c20-17-14(10-21)23-24-18(22-17)27-11-12-8-15(16(27)9-12)26-7-6-25(19(26)28)13-4-2-1-3-5-13/h1-5,12,15-16H,6-9,11H2. The second-order valence-corrected chi connectivity index (χ2v) is 7.81. The van der Waals surface area contributed by atoms with Gasteiger partial charge >= 0.3 is 6.03 Å². The van der Waals surface area contributed by atoms with Gasteiger partial charge < -0.3 is 9.80 Å². The Morgan fingerprint density at radius 2 is 1.82 bits per heavy atom. The van der Waals surface area contributed by atoms with Crippen molar-refractivity contribution < 1.29 is 4.79 Å². The van der Waals surface area contributed by atoms with E-state index < -0.39 is 0 Å². The van der Waals surface area contributed by atoms with Crippen LogP contribution in [0.1, 0.15) is 18.5 Å². The molecule has 0 radical (unpaired) electrons. The quantitative estimate of drug-likeness (QED) is 0.792. The molecule has 2 bridgehead atoms. The Morgan fingerprint density at radius 3 is 2.50 bits per heavy atom. The Labute approximate surface area is 167 Å². The number of piperidine rings is 1. The molecule has 142 valence electrons. The van der Waals surface area contributed by atoms with E-state index in [2.05, 4.69) is 20.1 Å². The van der Waals surface area contributed by atoms with E-state index in [1.54, 1.807) is 0 Å². The lowest BCUT2D eigenvalue weighted by Crippen LogP contribution is -2.52. The van der Waals surface area contributed by atoms with Crippen LogP contribution in [0.15, 0.2) is 30.3 Å². The molecule has 2 aliphatic heterocycles. The van der Waals surface area contributed by atoms with E-state index in [9.17, 15) is 4.79 Å². The number of nitrogens with zero attached hydrogens (tertiary/aromatic N) is 7. The van der Waals surface area contributed by atoms with Crippen LogP contribution >= 0.6 is 11.6 Å². The Kier molecular flexibility index (Phi) is 4.05. The van der Waals surface area contributed by atoms with Gasteiger partial charge in [-0.2, -0.15) is 10.2 Å². The lowest BCUT2D eigenvalue weighted by atomic mass is 10.0. The van der Waals surface area contributed by atoms with Gasteiger partial charge in [0, 0.05) is 25.3 Å². The highest BCUT2D eigenvalue weighted by molar-refractivity contribution is 6.30. The van der Waals surface area contributed by atoms with Crippen molar-refractivity contribution in [2.45, 2.75) is 24.9 Å². The molecule has 3 unspecified atom stereocenters. The Balaban J connectivity index is 1.37. The van der Waals surface area contributed by atoms with Crippen LogP contribution in [0.4, 0.5) is 16.4 Å². The summed E-state index contributed by atoms with van der Waals surface area (Å²) in [6, 6.07) is 12.0. The summed E-state index contributed by atoms with van der Waals surface area (Å²) in [5.74, 6) is 0.930. The third-order valence-electron chi connectivity index (χ3n) is 5.95. The molecule has 28 heavy (non-hydrogen) atoms. The predicted octanol–water partition coefficient (Wildman–Crippen LogP) is 2.31. The maximum atomic E-state index is 13.1. The molecule has 9 heteroatoms. The van der Waals surface area contributed by atoms with Crippen molar-refractivity contribution in [3.05, 3.63) is 41.2 Å². The minimum absolute atomic E-state index is 0.0274. The lowest BCUT2D eigenvalue weighted by Gasteiger charge is -2.37. The number of para-hydroxylation sites is 1. The molecular weight excluding hydrogens is 378 g/mol. The van der Waals surface area contributed by atoms with E-state index in [1.165, 1.54) is 0 Å². The topological polar surface area (TPSA) is 89.3 Å². The van der Waals surface area contributed by atoms with Crippen molar-refractivity contribution in [1.82, 2.24) is 20.1 Å². The Morgan fingerprint density at radius 1 is 1.07 bits per heavy atom. The van der Waals surface area contributed by atoms with Gasteiger partial charge in [-0.05, 0) is 30.9 Å². The highest BCUT2D eigenvalue weighted by Crippen LogP contribution is 2.42. The molecule has 1 aromatic carbocycles. The number of aromatic nitrogens is 3. The number of benzene rings is 1. The molecule has 2 aromatic rings. The SMILES string of the molecule is N#Cc1nnc(N2CC3CC(N4CCN(c5ccccc5)C4=O)C2C3)nc1Cl. The highest BCUT2D eigenvalue weighted by atomic mass is 35.5. The number of nitriles is 1. The lowest BCUT2D eigenvalue weighted by molar-refractivity contribution is 0.189. The van der Waals surface area contributed by atoms with E-state index in [-0.39, 0.29) is 29.0 Å². The molecule has 8 nitrogen and oxygen atoms in total. The summed E-state index contributed by atoms with van der Waals surface area (Å²) in [5, 5.41) is 17.0. The first-order valence-corrected chi connectivity index (χ1v) is 9.73. The second kappa shape index (κ2) is 6.60. The number of hydrogen-bond donors (Lipinski definition) is 0. The number of urea groups is 1.